The fraction of sp³-hybridized carbons (Fsp3) is 0.263. The molecule has 0 bridgehead atoms. The number of nitrogens with zero attached hydrogens (tertiary/aromatic N) is 1. The van der Waals surface area contributed by atoms with Gasteiger partial charge in [-0.1, -0.05) is 18.2 Å². The van der Waals surface area contributed by atoms with Crippen LogP contribution in [0, 0.1) is 0 Å². The zero-order valence-corrected chi connectivity index (χ0v) is 14.8. The molecular weight excluding hydrogens is 336 g/mol. The lowest BCUT2D eigenvalue weighted by Gasteiger charge is -2.26. The van der Waals surface area contributed by atoms with Gasteiger partial charge in [0, 0.05) is 23.1 Å². The fourth-order valence-corrected chi connectivity index (χ4v) is 4.81. The number of hydrogen-bond acceptors (Lipinski definition) is 3. The Morgan fingerprint density at radius 1 is 1.12 bits per heavy atom. The second-order valence-corrected chi connectivity index (χ2v) is 8.06. The lowest BCUT2D eigenvalue weighted by molar-refractivity contribution is 0.340. The van der Waals surface area contributed by atoms with E-state index in [-0.39, 0.29) is 0 Å². The normalized spacial score (nSPS) is 15.2. The smallest absolute Gasteiger partial charge is 0.243 e. The summed E-state index contributed by atoms with van der Waals surface area (Å²) >= 11 is 0. The van der Waals surface area contributed by atoms with E-state index in [1.165, 1.54) is 10.9 Å². The summed E-state index contributed by atoms with van der Waals surface area (Å²) in [7, 11) is -3.52. The van der Waals surface area contributed by atoms with Crippen molar-refractivity contribution < 1.29 is 13.2 Å². The lowest BCUT2D eigenvalue weighted by Crippen LogP contribution is -2.35. The van der Waals surface area contributed by atoms with Crippen LogP contribution < -0.4 is 4.74 Å². The molecule has 2 heterocycles. The molecule has 1 aromatic heterocycles. The molecule has 130 valence electrons. The molecule has 0 atom stereocenters. The first-order chi connectivity index (χ1) is 12.1. The third-order valence-electron chi connectivity index (χ3n) is 4.62. The summed E-state index contributed by atoms with van der Waals surface area (Å²) in [6.45, 7) is 3.32. The number of ether oxygens (including phenoxy) is 1. The topological polar surface area (TPSA) is 62.4 Å². The van der Waals surface area contributed by atoms with Gasteiger partial charge in [0.25, 0.3) is 0 Å². The lowest BCUT2D eigenvalue weighted by atomic mass is 10.1. The highest BCUT2D eigenvalue weighted by molar-refractivity contribution is 7.89. The molecule has 0 spiro atoms. The maximum Gasteiger partial charge on any atom is 0.243 e. The van der Waals surface area contributed by atoms with Crippen LogP contribution in [-0.4, -0.2) is 30.9 Å². The average molecular weight is 356 g/mol. The van der Waals surface area contributed by atoms with Crippen molar-refractivity contribution in [2.24, 2.45) is 0 Å². The first-order valence-corrected chi connectivity index (χ1v) is 9.85. The van der Waals surface area contributed by atoms with Crippen LogP contribution in [0.25, 0.3) is 10.9 Å². The quantitative estimate of drug-likeness (QED) is 0.780. The van der Waals surface area contributed by atoms with Gasteiger partial charge in [-0.15, -0.1) is 0 Å². The Morgan fingerprint density at radius 2 is 1.88 bits per heavy atom. The Labute approximate surface area is 147 Å². The molecule has 1 aliphatic rings. The van der Waals surface area contributed by atoms with Gasteiger partial charge in [0.1, 0.15) is 5.75 Å². The summed E-state index contributed by atoms with van der Waals surface area (Å²) in [5.74, 6) is 0.679. The molecule has 0 saturated carbocycles. The highest BCUT2D eigenvalue weighted by Gasteiger charge is 2.30. The number of para-hydroxylation sites is 1. The van der Waals surface area contributed by atoms with Crippen molar-refractivity contribution in [3.05, 3.63) is 59.8 Å². The summed E-state index contributed by atoms with van der Waals surface area (Å²) in [5.41, 5.74) is 3.28. The molecule has 6 heteroatoms. The summed E-state index contributed by atoms with van der Waals surface area (Å²) in [6, 6.07) is 14.7. The van der Waals surface area contributed by atoms with E-state index in [1.807, 2.05) is 25.1 Å². The zero-order chi connectivity index (χ0) is 17.4. The predicted molar refractivity (Wildman–Crippen MR) is 97.2 cm³/mol. The highest BCUT2D eigenvalue weighted by atomic mass is 32.2. The SMILES string of the molecule is CCOc1ccc(S(=O)(=O)N2CCc3c([nH]c4ccccc34)C2)cc1. The molecule has 0 unspecified atom stereocenters. The monoisotopic (exact) mass is 356 g/mol. The van der Waals surface area contributed by atoms with Crippen molar-refractivity contribution in [2.45, 2.75) is 24.8 Å². The maximum absolute atomic E-state index is 13.0. The summed E-state index contributed by atoms with van der Waals surface area (Å²) < 4.78 is 32.8. The predicted octanol–water partition coefficient (Wildman–Crippen LogP) is 3.31. The van der Waals surface area contributed by atoms with Crippen molar-refractivity contribution in [3.63, 3.8) is 0 Å². The van der Waals surface area contributed by atoms with E-state index in [0.717, 1.165) is 17.6 Å². The van der Waals surface area contributed by atoms with Gasteiger partial charge >= 0.3 is 0 Å². The molecule has 1 aliphatic heterocycles. The maximum atomic E-state index is 13.0. The molecule has 1 N–H and O–H groups in total. The number of H-pyrrole nitrogens is 1. The third-order valence-corrected chi connectivity index (χ3v) is 6.48. The first-order valence-electron chi connectivity index (χ1n) is 8.41. The number of aromatic nitrogens is 1. The third kappa shape index (κ3) is 2.81. The molecular formula is C19H20N2O3S. The van der Waals surface area contributed by atoms with Gasteiger partial charge in [-0.25, -0.2) is 8.42 Å². The highest BCUT2D eigenvalue weighted by Crippen LogP contribution is 2.30. The summed E-state index contributed by atoms with van der Waals surface area (Å²) in [4.78, 5) is 3.67. The van der Waals surface area contributed by atoms with Crippen LogP contribution in [-0.2, 0) is 23.0 Å². The van der Waals surface area contributed by atoms with Gasteiger partial charge in [0.05, 0.1) is 18.0 Å². The van der Waals surface area contributed by atoms with Crippen molar-refractivity contribution in [1.82, 2.24) is 9.29 Å². The number of fused-ring (bicyclic) bond motifs is 3. The Hall–Kier alpha value is -2.31. The van der Waals surface area contributed by atoms with Crippen LogP contribution in [0.15, 0.2) is 53.4 Å². The van der Waals surface area contributed by atoms with Gasteiger partial charge in [0.2, 0.25) is 10.0 Å². The minimum Gasteiger partial charge on any atom is -0.494 e. The van der Waals surface area contributed by atoms with Crippen LogP contribution in [0.2, 0.25) is 0 Å². The number of nitrogens with one attached hydrogen (secondary N) is 1. The van der Waals surface area contributed by atoms with Gasteiger partial charge in [-0.05, 0) is 49.2 Å². The molecule has 4 rings (SSSR count). The van der Waals surface area contributed by atoms with Gasteiger partial charge < -0.3 is 9.72 Å². The van der Waals surface area contributed by atoms with Crippen LogP contribution in [0.4, 0.5) is 0 Å². The van der Waals surface area contributed by atoms with Crippen LogP contribution >= 0.6 is 0 Å². The second-order valence-electron chi connectivity index (χ2n) is 6.12. The van der Waals surface area contributed by atoms with E-state index in [9.17, 15) is 8.42 Å². The van der Waals surface area contributed by atoms with Crippen LogP contribution in [0.5, 0.6) is 5.75 Å². The largest absolute Gasteiger partial charge is 0.494 e. The van der Waals surface area contributed by atoms with E-state index in [1.54, 1.807) is 28.6 Å². The van der Waals surface area contributed by atoms with E-state index in [4.69, 9.17) is 4.74 Å². The van der Waals surface area contributed by atoms with Crippen molar-refractivity contribution in [1.29, 1.82) is 0 Å². The standard InChI is InChI=1S/C19H20N2O3S/c1-2-24-14-7-9-15(10-8-14)25(22,23)21-12-11-17-16-5-3-4-6-18(16)20-19(17)13-21/h3-10,20H,2,11-13H2,1H3. The molecule has 0 saturated heterocycles. The van der Waals surface area contributed by atoms with Crippen molar-refractivity contribution in [2.75, 3.05) is 13.2 Å². The van der Waals surface area contributed by atoms with Gasteiger partial charge in [0.15, 0.2) is 0 Å². The van der Waals surface area contributed by atoms with Crippen LogP contribution in [0.3, 0.4) is 0 Å². The van der Waals surface area contributed by atoms with E-state index >= 15 is 0 Å². The van der Waals surface area contributed by atoms with Crippen LogP contribution in [0.1, 0.15) is 18.2 Å². The average Bonchev–Trinajstić information content (AvgIpc) is 3.00. The number of hydrogen-bond donors (Lipinski definition) is 1. The Kier molecular flexibility index (Phi) is 4.01. The molecule has 0 aliphatic carbocycles. The summed E-state index contributed by atoms with van der Waals surface area (Å²) in [6.07, 6.45) is 0.718. The van der Waals surface area contributed by atoms with E-state index in [2.05, 4.69) is 11.1 Å². The molecule has 2 aromatic carbocycles. The number of aromatic amines is 1. The number of sulfonamides is 1. The number of rotatable bonds is 4. The van der Waals surface area contributed by atoms with Gasteiger partial charge in [-0.3, -0.25) is 0 Å². The minimum atomic E-state index is -3.52. The minimum absolute atomic E-state index is 0.301. The Bertz CT molecular complexity index is 1010. The molecule has 0 amide bonds. The molecule has 3 aromatic rings. The van der Waals surface area contributed by atoms with E-state index < -0.39 is 10.0 Å². The molecule has 0 fully saturated rings. The molecule has 25 heavy (non-hydrogen) atoms. The fourth-order valence-electron chi connectivity index (χ4n) is 3.40. The summed E-state index contributed by atoms with van der Waals surface area (Å²) in [5, 5.41) is 1.19. The first kappa shape index (κ1) is 16.2. The molecule has 0 radical (unpaired) electrons. The molecule has 5 nitrogen and oxygen atoms in total. The second kappa shape index (κ2) is 6.20. The Balaban J connectivity index is 1.63. The van der Waals surface area contributed by atoms with Crippen molar-refractivity contribution in [3.8, 4) is 5.75 Å². The van der Waals surface area contributed by atoms with Crippen molar-refractivity contribution >= 4 is 20.9 Å². The van der Waals surface area contributed by atoms with E-state index in [0.29, 0.717) is 30.3 Å². The van der Waals surface area contributed by atoms with Gasteiger partial charge in [-0.2, -0.15) is 4.31 Å². The zero-order valence-electron chi connectivity index (χ0n) is 14.0. The number of benzene rings is 2. The Morgan fingerprint density at radius 3 is 2.64 bits per heavy atom.